The molecule has 0 bridgehead atoms. The van der Waals surface area contributed by atoms with Crippen LogP contribution >= 0.6 is 0 Å². The van der Waals surface area contributed by atoms with Crippen molar-refractivity contribution in [2.24, 2.45) is 0 Å². The molecule has 1 atom stereocenters. The molecule has 108 valence electrons. The molecule has 1 aliphatic heterocycles. The lowest BCUT2D eigenvalue weighted by Gasteiger charge is -2.19. The van der Waals surface area contributed by atoms with Gasteiger partial charge in [-0.2, -0.15) is 0 Å². The van der Waals surface area contributed by atoms with Gasteiger partial charge in [0.05, 0.1) is 17.2 Å². The van der Waals surface area contributed by atoms with Crippen LogP contribution in [0.5, 0.6) is 0 Å². The van der Waals surface area contributed by atoms with Gasteiger partial charge in [-0.25, -0.2) is 4.79 Å². The minimum atomic E-state index is -1.06. The monoisotopic (exact) mass is 277 g/mol. The van der Waals surface area contributed by atoms with Crippen molar-refractivity contribution >= 4 is 11.9 Å². The molecule has 0 aromatic heterocycles. The van der Waals surface area contributed by atoms with E-state index in [0.29, 0.717) is 29.8 Å². The van der Waals surface area contributed by atoms with Crippen molar-refractivity contribution in [3.05, 3.63) is 34.4 Å². The largest absolute Gasteiger partial charge is 0.478 e. The highest BCUT2D eigenvalue weighted by atomic mass is 16.5. The number of carboxylic acid groups (broad SMARTS) is 1. The maximum atomic E-state index is 12.6. The van der Waals surface area contributed by atoms with E-state index < -0.39 is 5.97 Å². The van der Waals surface area contributed by atoms with Gasteiger partial charge in [0.2, 0.25) is 0 Å². The van der Waals surface area contributed by atoms with Crippen LogP contribution < -0.4 is 0 Å². The zero-order valence-electron chi connectivity index (χ0n) is 12.0. The number of carboxylic acids is 1. The number of aryl methyl sites for hydroxylation is 2. The van der Waals surface area contributed by atoms with Gasteiger partial charge in [-0.15, -0.1) is 0 Å². The van der Waals surface area contributed by atoms with Crippen molar-refractivity contribution in [2.75, 3.05) is 20.2 Å². The zero-order chi connectivity index (χ0) is 14.9. The maximum Gasteiger partial charge on any atom is 0.336 e. The molecule has 1 aromatic carbocycles. The third-order valence-electron chi connectivity index (χ3n) is 3.82. The van der Waals surface area contributed by atoms with Gasteiger partial charge < -0.3 is 14.7 Å². The summed E-state index contributed by atoms with van der Waals surface area (Å²) in [7, 11) is 1.62. The van der Waals surface area contributed by atoms with Crippen molar-refractivity contribution in [3.8, 4) is 0 Å². The normalized spacial score (nSPS) is 18.4. The average Bonchev–Trinajstić information content (AvgIpc) is 2.88. The van der Waals surface area contributed by atoms with E-state index in [-0.39, 0.29) is 17.6 Å². The number of ether oxygens (including phenoxy) is 1. The number of aromatic carboxylic acids is 1. The molecule has 1 aromatic rings. The molecule has 5 nitrogen and oxygen atoms in total. The Kier molecular flexibility index (Phi) is 4.09. The van der Waals surface area contributed by atoms with E-state index in [1.165, 1.54) is 0 Å². The minimum Gasteiger partial charge on any atom is -0.478 e. The van der Waals surface area contributed by atoms with E-state index in [9.17, 15) is 14.7 Å². The molecule has 0 radical (unpaired) electrons. The molecular weight excluding hydrogens is 258 g/mol. The number of benzene rings is 1. The summed E-state index contributed by atoms with van der Waals surface area (Å²) in [6.45, 7) is 4.59. The molecule has 1 unspecified atom stereocenters. The van der Waals surface area contributed by atoms with Crippen LogP contribution in [-0.4, -0.2) is 48.2 Å². The lowest BCUT2D eigenvalue weighted by molar-refractivity contribution is 0.0668. The summed E-state index contributed by atoms with van der Waals surface area (Å²) in [5.41, 5.74) is 1.71. The molecule has 0 aliphatic carbocycles. The van der Waals surface area contributed by atoms with Crippen LogP contribution in [0.2, 0.25) is 0 Å². The molecule has 1 saturated heterocycles. The van der Waals surface area contributed by atoms with Gasteiger partial charge in [0, 0.05) is 20.2 Å². The quantitative estimate of drug-likeness (QED) is 0.915. The van der Waals surface area contributed by atoms with Gasteiger partial charge in [0.25, 0.3) is 5.91 Å². The number of hydrogen-bond acceptors (Lipinski definition) is 3. The highest BCUT2D eigenvalue weighted by molar-refractivity contribution is 6.06. The standard InChI is InChI=1S/C15H19NO4/c1-9-4-5-10(2)13(15(18)19)12(9)14(17)16-7-6-11(8-16)20-3/h4-5,11H,6-8H2,1-3H3,(H,18,19). The molecule has 1 heterocycles. The Hall–Kier alpha value is -1.88. The first-order chi connectivity index (χ1) is 9.45. The predicted molar refractivity (Wildman–Crippen MR) is 74.2 cm³/mol. The number of carbonyl (C=O) groups excluding carboxylic acids is 1. The van der Waals surface area contributed by atoms with Crippen molar-refractivity contribution in [2.45, 2.75) is 26.4 Å². The van der Waals surface area contributed by atoms with Gasteiger partial charge in [-0.1, -0.05) is 12.1 Å². The fourth-order valence-corrected chi connectivity index (χ4v) is 2.63. The van der Waals surface area contributed by atoms with E-state index in [0.717, 1.165) is 6.42 Å². The molecule has 2 rings (SSSR count). The van der Waals surface area contributed by atoms with Gasteiger partial charge in [0.15, 0.2) is 0 Å². The number of amides is 1. The molecule has 1 amide bonds. The Labute approximate surface area is 118 Å². The summed E-state index contributed by atoms with van der Waals surface area (Å²) >= 11 is 0. The third-order valence-corrected chi connectivity index (χ3v) is 3.82. The highest BCUT2D eigenvalue weighted by Gasteiger charge is 2.30. The second-order valence-corrected chi connectivity index (χ2v) is 5.15. The van der Waals surface area contributed by atoms with Gasteiger partial charge in [-0.3, -0.25) is 4.79 Å². The second kappa shape index (κ2) is 5.63. The Morgan fingerprint density at radius 1 is 1.25 bits per heavy atom. The number of likely N-dealkylation sites (tertiary alicyclic amines) is 1. The van der Waals surface area contributed by atoms with Gasteiger partial charge in [-0.05, 0) is 31.4 Å². The number of carbonyl (C=O) groups is 2. The topological polar surface area (TPSA) is 66.8 Å². The van der Waals surface area contributed by atoms with Crippen molar-refractivity contribution < 1.29 is 19.4 Å². The van der Waals surface area contributed by atoms with Crippen LogP contribution in [0.25, 0.3) is 0 Å². The molecular formula is C15H19NO4. The van der Waals surface area contributed by atoms with E-state index >= 15 is 0 Å². The van der Waals surface area contributed by atoms with Crippen LogP contribution in [0.3, 0.4) is 0 Å². The number of hydrogen-bond donors (Lipinski definition) is 1. The molecule has 1 aliphatic rings. The highest BCUT2D eigenvalue weighted by Crippen LogP contribution is 2.23. The molecule has 0 spiro atoms. The molecule has 1 fully saturated rings. The lowest BCUT2D eigenvalue weighted by Crippen LogP contribution is -2.32. The Morgan fingerprint density at radius 2 is 1.85 bits per heavy atom. The molecule has 20 heavy (non-hydrogen) atoms. The first-order valence-electron chi connectivity index (χ1n) is 6.61. The average molecular weight is 277 g/mol. The fraction of sp³-hybridized carbons (Fsp3) is 0.467. The fourth-order valence-electron chi connectivity index (χ4n) is 2.63. The van der Waals surface area contributed by atoms with Crippen LogP contribution in [0.1, 0.15) is 38.3 Å². The Bertz CT molecular complexity index is 553. The smallest absolute Gasteiger partial charge is 0.336 e. The molecule has 0 saturated carbocycles. The maximum absolute atomic E-state index is 12.6. The van der Waals surface area contributed by atoms with Crippen LogP contribution in [0.15, 0.2) is 12.1 Å². The van der Waals surface area contributed by atoms with E-state index in [1.54, 1.807) is 38.0 Å². The first-order valence-corrected chi connectivity index (χ1v) is 6.61. The van der Waals surface area contributed by atoms with E-state index in [2.05, 4.69) is 0 Å². The summed E-state index contributed by atoms with van der Waals surface area (Å²) in [5, 5.41) is 9.37. The molecule has 5 heteroatoms. The third kappa shape index (κ3) is 2.54. The second-order valence-electron chi connectivity index (χ2n) is 5.15. The Balaban J connectivity index is 2.40. The summed E-state index contributed by atoms with van der Waals surface area (Å²) in [5.74, 6) is -1.28. The number of nitrogens with zero attached hydrogens (tertiary/aromatic N) is 1. The molecule has 1 N–H and O–H groups in total. The summed E-state index contributed by atoms with van der Waals surface area (Å²) in [6.07, 6.45) is 0.826. The lowest BCUT2D eigenvalue weighted by atomic mass is 9.96. The summed E-state index contributed by atoms with van der Waals surface area (Å²) < 4.78 is 5.25. The van der Waals surface area contributed by atoms with Crippen molar-refractivity contribution in [3.63, 3.8) is 0 Å². The van der Waals surface area contributed by atoms with E-state index in [1.807, 2.05) is 0 Å². The SMILES string of the molecule is COC1CCN(C(=O)c2c(C)ccc(C)c2C(=O)O)C1. The van der Waals surface area contributed by atoms with Crippen molar-refractivity contribution in [1.82, 2.24) is 4.90 Å². The first kappa shape index (κ1) is 14.5. The van der Waals surface area contributed by atoms with Gasteiger partial charge in [0.1, 0.15) is 0 Å². The van der Waals surface area contributed by atoms with Gasteiger partial charge >= 0.3 is 5.97 Å². The van der Waals surface area contributed by atoms with E-state index in [4.69, 9.17) is 4.74 Å². The summed E-state index contributed by atoms with van der Waals surface area (Å²) in [4.78, 5) is 25.7. The number of rotatable bonds is 3. The number of methoxy groups -OCH3 is 1. The Morgan fingerprint density at radius 3 is 2.35 bits per heavy atom. The predicted octanol–water partition coefficient (Wildman–Crippen LogP) is 1.86. The van der Waals surface area contributed by atoms with Crippen LogP contribution in [0, 0.1) is 13.8 Å². The van der Waals surface area contributed by atoms with Crippen LogP contribution in [0.4, 0.5) is 0 Å². The van der Waals surface area contributed by atoms with Crippen LogP contribution in [-0.2, 0) is 4.74 Å². The zero-order valence-corrected chi connectivity index (χ0v) is 12.0. The van der Waals surface area contributed by atoms with Crippen molar-refractivity contribution in [1.29, 1.82) is 0 Å². The summed E-state index contributed by atoms with van der Waals surface area (Å²) in [6, 6.07) is 3.52. The minimum absolute atomic E-state index is 0.0392.